The molecule has 0 unspecified atom stereocenters. The number of aromatic nitrogens is 1. The van der Waals surface area contributed by atoms with Gasteiger partial charge in [-0.1, -0.05) is 27.7 Å². The Morgan fingerprint density at radius 2 is 1.94 bits per heavy atom. The van der Waals surface area contributed by atoms with Crippen LogP contribution in [0.5, 0.6) is 0 Å². The summed E-state index contributed by atoms with van der Waals surface area (Å²) in [5.74, 6) is -0.878. The van der Waals surface area contributed by atoms with E-state index < -0.39 is 21.9 Å². The first kappa shape index (κ1) is 26.2. The number of sulfonamides is 1. The number of hydrogen-bond acceptors (Lipinski definition) is 6. The summed E-state index contributed by atoms with van der Waals surface area (Å²) in [5.41, 5.74) is 1.70. The number of nitrogens with zero attached hydrogens (tertiary/aromatic N) is 3. The number of rotatable bonds is 10. The molecule has 33 heavy (non-hydrogen) atoms. The summed E-state index contributed by atoms with van der Waals surface area (Å²) in [6, 6.07) is 6.60. The second-order valence-corrected chi connectivity index (χ2v) is 9.71. The Morgan fingerprint density at radius 3 is 2.55 bits per heavy atom. The van der Waals surface area contributed by atoms with Crippen molar-refractivity contribution in [2.24, 2.45) is 0 Å². The van der Waals surface area contributed by atoms with Gasteiger partial charge in [-0.3, -0.25) is 0 Å². The minimum absolute atomic E-state index is 0.133. The first-order chi connectivity index (χ1) is 15.6. The van der Waals surface area contributed by atoms with E-state index in [1.807, 2.05) is 38.5 Å². The Kier molecular flexibility index (Phi) is 9.32. The fraction of sp³-hybridized carbons (Fsp3) is 0.435. The summed E-state index contributed by atoms with van der Waals surface area (Å²) in [7, 11) is -3.86. The Labute approximate surface area is 194 Å². The number of hydrogen-bond donors (Lipinski definition) is 2. The molecule has 1 heterocycles. The van der Waals surface area contributed by atoms with Crippen molar-refractivity contribution < 1.29 is 17.6 Å². The van der Waals surface area contributed by atoms with Crippen molar-refractivity contribution in [2.75, 3.05) is 30.7 Å². The predicted molar refractivity (Wildman–Crippen MR) is 127 cm³/mol. The van der Waals surface area contributed by atoms with Gasteiger partial charge in [0.25, 0.3) is 0 Å². The average molecular weight is 476 g/mol. The van der Waals surface area contributed by atoms with Crippen molar-refractivity contribution in [1.29, 1.82) is 5.26 Å². The van der Waals surface area contributed by atoms with Gasteiger partial charge < -0.3 is 10.2 Å². The second-order valence-electron chi connectivity index (χ2n) is 7.87. The molecule has 0 radical (unpaired) electrons. The highest BCUT2D eigenvalue weighted by molar-refractivity contribution is 7.90. The van der Waals surface area contributed by atoms with Crippen molar-refractivity contribution in [3.63, 3.8) is 0 Å². The topological polar surface area (TPSA) is 115 Å². The number of urea groups is 1. The van der Waals surface area contributed by atoms with Crippen molar-refractivity contribution in [2.45, 2.75) is 40.0 Å². The van der Waals surface area contributed by atoms with Gasteiger partial charge in [0.2, 0.25) is 10.0 Å². The van der Waals surface area contributed by atoms with Crippen LogP contribution in [0.25, 0.3) is 11.1 Å². The molecular formula is C23H30FN5O3S. The summed E-state index contributed by atoms with van der Waals surface area (Å²) in [6.45, 7) is 9.91. The van der Waals surface area contributed by atoms with Crippen LogP contribution in [0.3, 0.4) is 0 Å². The molecule has 0 aliphatic carbocycles. The molecular weight excluding hydrogens is 445 g/mol. The Hall–Kier alpha value is -3.03. The zero-order chi connectivity index (χ0) is 24.6. The third-order valence-corrected chi connectivity index (χ3v) is 6.53. The molecule has 1 aromatic heterocycles. The number of anilines is 1. The summed E-state index contributed by atoms with van der Waals surface area (Å²) in [6.07, 6.45) is 1.80. The van der Waals surface area contributed by atoms with Gasteiger partial charge in [-0.2, -0.15) is 5.26 Å². The lowest BCUT2D eigenvalue weighted by Crippen LogP contribution is -2.37. The van der Waals surface area contributed by atoms with Crippen molar-refractivity contribution in [1.82, 2.24) is 14.6 Å². The van der Waals surface area contributed by atoms with Gasteiger partial charge in [0.1, 0.15) is 17.6 Å². The number of pyridine rings is 1. The molecule has 0 atom stereocenters. The molecule has 0 spiro atoms. The lowest BCUT2D eigenvalue weighted by atomic mass is 9.94. The van der Waals surface area contributed by atoms with E-state index in [1.165, 1.54) is 24.4 Å². The number of amides is 2. The number of carbonyl (C=O) groups is 1. The molecule has 0 saturated carbocycles. The highest BCUT2D eigenvalue weighted by Gasteiger charge is 2.21. The molecule has 2 aromatic rings. The standard InChI is InChI=1S/C23H30FN5O3S/c1-5-29(6-2)10-7-11-33(31,32)28-23(30)27-22-20(16(3)4)13-18(24)14-21(22)17-8-9-26-19(12-17)15-25/h8-9,12-14,16H,5-7,10-11H2,1-4H3,(H2,27,28,30). The van der Waals surface area contributed by atoms with Gasteiger partial charge in [-0.15, -0.1) is 0 Å². The third-order valence-electron chi connectivity index (χ3n) is 5.21. The third kappa shape index (κ3) is 7.51. The van der Waals surface area contributed by atoms with E-state index in [-0.39, 0.29) is 23.1 Å². The number of halogens is 1. The minimum Gasteiger partial charge on any atom is -0.306 e. The first-order valence-corrected chi connectivity index (χ1v) is 12.5. The van der Waals surface area contributed by atoms with Crippen LogP contribution in [0, 0.1) is 17.1 Å². The number of benzene rings is 1. The van der Waals surface area contributed by atoms with Crippen LogP contribution < -0.4 is 10.0 Å². The summed E-state index contributed by atoms with van der Waals surface area (Å²) >= 11 is 0. The van der Waals surface area contributed by atoms with E-state index in [1.54, 1.807) is 6.07 Å². The minimum atomic E-state index is -3.86. The Bertz CT molecular complexity index is 1130. The molecule has 2 N–H and O–H groups in total. The normalized spacial score (nSPS) is 11.5. The average Bonchev–Trinajstić information content (AvgIpc) is 2.77. The van der Waals surface area contributed by atoms with Gasteiger partial charge >= 0.3 is 6.03 Å². The van der Waals surface area contributed by atoms with E-state index in [2.05, 4.69) is 15.2 Å². The fourth-order valence-corrected chi connectivity index (χ4v) is 4.40. The quantitative estimate of drug-likeness (QED) is 0.535. The van der Waals surface area contributed by atoms with Gasteiger partial charge in [0.05, 0.1) is 11.4 Å². The molecule has 178 valence electrons. The maximum atomic E-state index is 14.4. The largest absolute Gasteiger partial charge is 0.332 e. The van der Waals surface area contributed by atoms with Crippen LogP contribution in [-0.4, -0.2) is 49.7 Å². The SMILES string of the molecule is CCN(CC)CCCS(=O)(=O)NC(=O)Nc1c(-c2ccnc(C#N)c2)cc(F)cc1C(C)C. The molecule has 2 amide bonds. The van der Waals surface area contributed by atoms with E-state index >= 15 is 0 Å². The number of nitriles is 1. The highest BCUT2D eigenvalue weighted by atomic mass is 32.2. The predicted octanol–water partition coefficient (Wildman–Crippen LogP) is 4.07. The molecule has 0 saturated heterocycles. The molecule has 0 aliphatic rings. The van der Waals surface area contributed by atoms with Gasteiger partial charge in [-0.25, -0.2) is 27.3 Å². The Balaban J connectivity index is 2.30. The zero-order valence-electron chi connectivity index (χ0n) is 19.4. The zero-order valence-corrected chi connectivity index (χ0v) is 20.2. The van der Waals surface area contributed by atoms with E-state index in [9.17, 15) is 17.6 Å². The molecule has 0 aliphatic heterocycles. The summed E-state index contributed by atoms with van der Waals surface area (Å²) in [4.78, 5) is 18.6. The van der Waals surface area contributed by atoms with E-state index in [0.717, 1.165) is 13.1 Å². The molecule has 8 nitrogen and oxygen atoms in total. The van der Waals surface area contributed by atoms with Crippen LogP contribution >= 0.6 is 0 Å². The molecule has 0 bridgehead atoms. The van der Waals surface area contributed by atoms with Crippen LogP contribution in [0.1, 0.15) is 51.3 Å². The fourth-order valence-electron chi connectivity index (χ4n) is 3.46. The number of nitrogens with one attached hydrogen (secondary N) is 2. The number of carbonyl (C=O) groups excluding carboxylic acids is 1. The maximum Gasteiger partial charge on any atom is 0.332 e. The maximum absolute atomic E-state index is 14.4. The van der Waals surface area contributed by atoms with Gasteiger partial charge in [-0.05, 0) is 67.4 Å². The van der Waals surface area contributed by atoms with Crippen LogP contribution in [-0.2, 0) is 10.0 Å². The Morgan fingerprint density at radius 1 is 1.24 bits per heavy atom. The monoisotopic (exact) mass is 475 g/mol. The lowest BCUT2D eigenvalue weighted by Gasteiger charge is -2.20. The summed E-state index contributed by atoms with van der Waals surface area (Å²) in [5, 5.41) is 11.7. The molecule has 0 fully saturated rings. The lowest BCUT2D eigenvalue weighted by molar-refractivity contribution is 0.256. The molecule has 2 rings (SSSR count). The van der Waals surface area contributed by atoms with E-state index in [0.29, 0.717) is 29.7 Å². The first-order valence-electron chi connectivity index (χ1n) is 10.8. The summed E-state index contributed by atoms with van der Waals surface area (Å²) < 4.78 is 41.3. The van der Waals surface area contributed by atoms with Crippen molar-refractivity contribution in [3.8, 4) is 17.2 Å². The molecule has 10 heteroatoms. The van der Waals surface area contributed by atoms with Crippen LogP contribution in [0.4, 0.5) is 14.9 Å². The van der Waals surface area contributed by atoms with Crippen molar-refractivity contribution >= 4 is 21.7 Å². The second kappa shape index (κ2) is 11.7. The van der Waals surface area contributed by atoms with Crippen LogP contribution in [0.2, 0.25) is 0 Å². The van der Waals surface area contributed by atoms with Gasteiger partial charge in [0, 0.05) is 11.8 Å². The van der Waals surface area contributed by atoms with E-state index in [4.69, 9.17) is 5.26 Å². The van der Waals surface area contributed by atoms with Crippen LogP contribution in [0.15, 0.2) is 30.5 Å². The smallest absolute Gasteiger partial charge is 0.306 e. The van der Waals surface area contributed by atoms with Gasteiger partial charge in [0.15, 0.2) is 0 Å². The highest BCUT2D eigenvalue weighted by Crippen LogP contribution is 2.36. The van der Waals surface area contributed by atoms with Crippen molar-refractivity contribution in [3.05, 3.63) is 47.5 Å². The molecule has 1 aromatic carbocycles.